The van der Waals surface area contributed by atoms with Crippen LogP contribution < -0.4 is 10.5 Å². The summed E-state index contributed by atoms with van der Waals surface area (Å²) < 4.78 is 37.5. The maximum absolute atomic E-state index is 14.1. The molecule has 1 aliphatic rings. The van der Waals surface area contributed by atoms with Crippen LogP contribution in [0.1, 0.15) is 79.7 Å². The van der Waals surface area contributed by atoms with E-state index < -0.39 is 21.6 Å². The van der Waals surface area contributed by atoms with Gasteiger partial charge in [0.25, 0.3) is 0 Å². The van der Waals surface area contributed by atoms with Gasteiger partial charge in [0.15, 0.2) is 9.84 Å². The fourth-order valence-corrected chi connectivity index (χ4v) is 5.21. The molecule has 1 fully saturated rings. The van der Waals surface area contributed by atoms with E-state index in [-0.39, 0.29) is 62.3 Å². The van der Waals surface area contributed by atoms with Gasteiger partial charge < -0.3 is 15.2 Å². The van der Waals surface area contributed by atoms with Crippen molar-refractivity contribution >= 4 is 39.4 Å². The first-order chi connectivity index (χ1) is 17.8. The predicted octanol–water partition coefficient (Wildman–Crippen LogP) is 4.00. The Morgan fingerprint density at radius 1 is 1.32 bits per heavy atom. The molecule has 2 aromatic rings. The number of halogens is 1. The van der Waals surface area contributed by atoms with Crippen LogP contribution in [0.3, 0.4) is 0 Å². The van der Waals surface area contributed by atoms with Crippen molar-refractivity contribution in [2.24, 2.45) is 10.7 Å². The van der Waals surface area contributed by atoms with Gasteiger partial charge in [-0.25, -0.2) is 17.9 Å². The molecular weight excluding hydrogens is 532 g/mol. The lowest BCUT2D eigenvalue weighted by atomic mass is 9.99. The molecule has 0 atom stereocenters. The third-order valence-corrected chi connectivity index (χ3v) is 7.57. The van der Waals surface area contributed by atoms with Gasteiger partial charge in [0, 0.05) is 48.9 Å². The van der Waals surface area contributed by atoms with E-state index in [1.807, 2.05) is 13.8 Å². The molecule has 0 spiro atoms. The molecule has 1 aromatic carbocycles. The third kappa shape index (κ3) is 6.16. The molecule has 1 aromatic heterocycles. The lowest BCUT2D eigenvalue weighted by Gasteiger charge is -2.15. The highest BCUT2D eigenvalue weighted by Crippen LogP contribution is 2.45. The highest BCUT2D eigenvalue weighted by Gasteiger charge is 2.38. The van der Waals surface area contributed by atoms with Crippen LogP contribution in [-0.2, 0) is 26.0 Å². The topological polar surface area (TPSA) is 143 Å². The number of carbonyl (C=O) groups is 2. The van der Waals surface area contributed by atoms with Gasteiger partial charge in [-0.2, -0.15) is 5.10 Å². The van der Waals surface area contributed by atoms with E-state index in [9.17, 15) is 18.0 Å². The van der Waals surface area contributed by atoms with E-state index in [2.05, 4.69) is 10.1 Å². The maximum atomic E-state index is 14.1. The molecule has 0 amide bonds. The first-order valence-corrected chi connectivity index (χ1v) is 14.5. The summed E-state index contributed by atoms with van der Waals surface area (Å²) in [4.78, 5) is 31.0. The molecule has 38 heavy (non-hydrogen) atoms. The molecule has 1 aliphatic carbocycles. The molecule has 1 heterocycles. The van der Waals surface area contributed by atoms with E-state index in [0.717, 1.165) is 19.1 Å². The van der Waals surface area contributed by atoms with E-state index in [0.29, 0.717) is 12.3 Å². The number of rotatable bonds is 11. The number of ketones is 1. The molecule has 0 saturated heterocycles. The van der Waals surface area contributed by atoms with E-state index >= 15 is 0 Å². The number of benzene rings is 1. The maximum Gasteiger partial charge on any atom is 0.348 e. The lowest BCUT2D eigenvalue weighted by molar-refractivity contribution is -0.130. The van der Waals surface area contributed by atoms with Crippen LogP contribution in [0.15, 0.2) is 33.3 Å². The molecule has 3 rings (SSSR count). The monoisotopic (exact) mass is 564 g/mol. The molecule has 2 N–H and O–H groups in total. The van der Waals surface area contributed by atoms with Gasteiger partial charge in [-0.05, 0) is 52.7 Å². The summed E-state index contributed by atoms with van der Waals surface area (Å²) in [6.45, 7) is 7.23. The number of hydrogen-bond donors (Lipinski definition) is 1. The molecule has 10 nitrogen and oxygen atoms in total. The van der Waals surface area contributed by atoms with Crippen molar-refractivity contribution in [3.8, 4) is 5.88 Å². The first kappa shape index (κ1) is 29.5. The van der Waals surface area contributed by atoms with Crippen molar-refractivity contribution in [2.45, 2.75) is 64.0 Å². The van der Waals surface area contributed by atoms with Gasteiger partial charge in [0.1, 0.15) is 5.56 Å². The molecule has 0 radical (unpaired) electrons. The number of esters is 1. The molecule has 0 aliphatic heterocycles. The summed E-state index contributed by atoms with van der Waals surface area (Å²) in [7, 11) is -2.15. The zero-order valence-electron chi connectivity index (χ0n) is 22.4. The Morgan fingerprint density at radius 2 is 1.97 bits per heavy atom. The summed E-state index contributed by atoms with van der Waals surface area (Å²) in [6, 6.07) is 2.46. The van der Waals surface area contributed by atoms with Crippen LogP contribution in [0, 0.1) is 0 Å². The lowest BCUT2D eigenvalue weighted by Crippen LogP contribution is -2.20. The molecule has 0 unspecified atom stereocenters. The SMILES string of the molecule is CCOCc1c(S(C)(=O)=O)ccc(C(=O)c2c(C3CC3)nn(C(C)C)c2OC(=O)C(C=NC)=C(C)N)c1Cl. The summed E-state index contributed by atoms with van der Waals surface area (Å²) in [6.07, 6.45) is 4.01. The number of sulfone groups is 1. The smallest absolute Gasteiger partial charge is 0.348 e. The number of aliphatic imine (C=N–C) groups is 1. The quantitative estimate of drug-likeness (QED) is 0.187. The largest absolute Gasteiger partial charge is 0.403 e. The van der Waals surface area contributed by atoms with E-state index in [1.54, 1.807) is 13.8 Å². The molecule has 12 heteroatoms. The zero-order chi connectivity index (χ0) is 28.4. The molecule has 0 bridgehead atoms. The standard InChI is InChI=1S/C26H33ClN4O6S/c1-7-36-13-19-20(38(6,34)35)11-10-17(22(19)27)24(32)21-23(16-8-9-16)30-31(14(2)3)25(21)37-26(33)18(12-29-5)15(4)28/h10-12,14,16H,7-9,13,28H2,1-6H3. The number of allylic oxidation sites excluding steroid dienone is 1. The summed E-state index contributed by atoms with van der Waals surface area (Å²) in [5.41, 5.74) is 6.97. The molecule has 1 saturated carbocycles. The Hall–Kier alpha value is -3.02. The van der Waals surface area contributed by atoms with Crippen LogP contribution in [0.4, 0.5) is 0 Å². The second kappa shape index (κ2) is 11.8. The Balaban J connectivity index is 2.24. The number of nitrogens with two attached hydrogens (primary N) is 1. The summed E-state index contributed by atoms with van der Waals surface area (Å²) in [5, 5.41) is 4.61. The molecule has 206 valence electrons. The predicted molar refractivity (Wildman–Crippen MR) is 145 cm³/mol. The minimum Gasteiger partial charge on any atom is -0.403 e. The number of nitrogens with zero attached hydrogens (tertiary/aromatic N) is 3. The van der Waals surface area contributed by atoms with Gasteiger partial charge in [-0.3, -0.25) is 9.79 Å². The number of ether oxygens (including phenoxy) is 2. The first-order valence-electron chi connectivity index (χ1n) is 12.2. The van der Waals surface area contributed by atoms with Gasteiger partial charge >= 0.3 is 5.97 Å². The number of aromatic nitrogens is 2. The molecular formula is C26H33ClN4O6S. The highest BCUT2D eigenvalue weighted by atomic mass is 35.5. The van der Waals surface area contributed by atoms with Crippen molar-refractivity contribution < 1.29 is 27.5 Å². The van der Waals surface area contributed by atoms with Crippen LogP contribution in [-0.4, -0.2) is 56.1 Å². The van der Waals surface area contributed by atoms with Crippen molar-refractivity contribution in [2.75, 3.05) is 19.9 Å². The van der Waals surface area contributed by atoms with Crippen LogP contribution in [0.25, 0.3) is 0 Å². The van der Waals surface area contributed by atoms with Crippen molar-refractivity contribution in [1.82, 2.24) is 9.78 Å². The van der Waals surface area contributed by atoms with Crippen LogP contribution in [0.5, 0.6) is 5.88 Å². The van der Waals surface area contributed by atoms with Crippen molar-refractivity contribution in [3.05, 3.63) is 50.8 Å². The second-order valence-corrected chi connectivity index (χ2v) is 11.8. The Bertz CT molecular complexity index is 1420. The van der Waals surface area contributed by atoms with E-state index in [1.165, 1.54) is 30.1 Å². The van der Waals surface area contributed by atoms with Crippen LogP contribution in [0.2, 0.25) is 5.02 Å². The Morgan fingerprint density at radius 3 is 2.47 bits per heavy atom. The van der Waals surface area contributed by atoms with Crippen LogP contribution >= 0.6 is 11.6 Å². The zero-order valence-corrected chi connectivity index (χ0v) is 23.9. The van der Waals surface area contributed by atoms with Gasteiger partial charge in [0.05, 0.1) is 33.8 Å². The average Bonchev–Trinajstić information content (AvgIpc) is 3.61. The normalized spacial score (nSPS) is 14.7. The van der Waals surface area contributed by atoms with Crippen molar-refractivity contribution in [1.29, 1.82) is 0 Å². The van der Waals surface area contributed by atoms with E-state index in [4.69, 9.17) is 26.8 Å². The minimum absolute atomic E-state index is 0.0202. The second-order valence-electron chi connectivity index (χ2n) is 9.39. The number of carbonyl (C=O) groups excluding carboxylic acids is 2. The van der Waals surface area contributed by atoms with Gasteiger partial charge in [-0.15, -0.1) is 0 Å². The summed E-state index contributed by atoms with van der Waals surface area (Å²) in [5.74, 6) is -1.34. The Labute approximate surface area is 227 Å². The van der Waals surface area contributed by atoms with Crippen molar-refractivity contribution in [3.63, 3.8) is 0 Å². The van der Waals surface area contributed by atoms with Gasteiger partial charge in [-0.1, -0.05) is 11.6 Å². The fourth-order valence-electron chi connectivity index (χ4n) is 3.93. The average molecular weight is 565 g/mol. The third-order valence-electron chi connectivity index (χ3n) is 5.96. The fraction of sp³-hybridized carbons (Fsp3) is 0.462. The van der Waals surface area contributed by atoms with Gasteiger partial charge in [0.2, 0.25) is 11.7 Å². The summed E-state index contributed by atoms with van der Waals surface area (Å²) >= 11 is 6.67. The number of hydrogen-bond acceptors (Lipinski definition) is 9. The highest BCUT2D eigenvalue weighted by molar-refractivity contribution is 7.90. The minimum atomic E-state index is -3.65. The Kier molecular flexibility index (Phi) is 9.17.